The van der Waals surface area contributed by atoms with Gasteiger partial charge in [-0.25, -0.2) is 0 Å². The summed E-state index contributed by atoms with van der Waals surface area (Å²) in [5.74, 6) is 1.16. The Morgan fingerprint density at radius 2 is 1.11 bits per heavy atom. The molecule has 1 aromatic heterocycles. The fourth-order valence-electron chi connectivity index (χ4n) is 8.82. The minimum atomic E-state index is -0.0820. The molecule has 1 aliphatic carbocycles. The highest BCUT2D eigenvalue weighted by atomic mass is 16.3. The van der Waals surface area contributed by atoms with Crippen LogP contribution in [0.25, 0.3) is 0 Å². The summed E-state index contributed by atoms with van der Waals surface area (Å²) in [6.45, 7) is 6.94. The molecule has 0 saturated heterocycles. The van der Waals surface area contributed by atoms with Gasteiger partial charge in [-0.2, -0.15) is 0 Å². The SMILES string of the molecule is CC(C)(C)c1cc2c3c(c1)N(c1ccccc1)c1c(oc4c1CCCC4)B3c1ccc(N(c3ccccc3)c3ccccc3)cc1N2c1ccccc1. The second-order valence-electron chi connectivity index (χ2n) is 15.6. The molecule has 0 bridgehead atoms. The van der Waals surface area contributed by atoms with Gasteiger partial charge in [-0.1, -0.05) is 99.6 Å². The van der Waals surface area contributed by atoms with Crippen molar-refractivity contribution in [3.8, 4) is 0 Å². The highest BCUT2D eigenvalue weighted by Crippen LogP contribution is 2.49. The van der Waals surface area contributed by atoms with Crippen molar-refractivity contribution in [3.05, 3.63) is 169 Å². The van der Waals surface area contributed by atoms with Crippen molar-refractivity contribution in [1.82, 2.24) is 0 Å². The molecule has 6 aromatic carbocycles. The highest BCUT2D eigenvalue weighted by molar-refractivity contribution is 6.99. The second-order valence-corrected chi connectivity index (χ2v) is 15.6. The van der Waals surface area contributed by atoms with Gasteiger partial charge in [0.05, 0.1) is 11.3 Å². The van der Waals surface area contributed by atoms with Gasteiger partial charge in [0.1, 0.15) is 5.76 Å². The van der Waals surface area contributed by atoms with Crippen molar-refractivity contribution < 1.29 is 4.42 Å². The van der Waals surface area contributed by atoms with E-state index in [1.54, 1.807) is 0 Å². The molecule has 0 saturated carbocycles. The predicted octanol–water partition coefficient (Wildman–Crippen LogP) is 11.0. The molecule has 7 aromatic rings. The Kier molecular flexibility index (Phi) is 7.40. The van der Waals surface area contributed by atoms with Crippen LogP contribution >= 0.6 is 0 Å². The molecule has 258 valence electrons. The summed E-state index contributed by atoms with van der Waals surface area (Å²) in [4.78, 5) is 7.40. The molecule has 0 spiro atoms. The number of rotatable bonds is 5. The third-order valence-corrected chi connectivity index (χ3v) is 11.3. The molecule has 5 heteroatoms. The number of hydrogen-bond donors (Lipinski definition) is 0. The number of hydrogen-bond acceptors (Lipinski definition) is 4. The number of benzene rings is 6. The largest absolute Gasteiger partial charge is 0.473 e. The maximum Gasteiger partial charge on any atom is 0.297 e. The zero-order valence-corrected chi connectivity index (χ0v) is 30.6. The van der Waals surface area contributed by atoms with Crippen LogP contribution < -0.4 is 31.3 Å². The lowest BCUT2D eigenvalue weighted by Crippen LogP contribution is -2.61. The van der Waals surface area contributed by atoms with Crippen LogP contribution in [-0.4, -0.2) is 6.71 Å². The molecule has 10 rings (SSSR count). The van der Waals surface area contributed by atoms with Gasteiger partial charge in [0.2, 0.25) is 0 Å². The zero-order chi connectivity index (χ0) is 35.7. The van der Waals surface area contributed by atoms with Crippen molar-refractivity contribution in [2.24, 2.45) is 0 Å². The van der Waals surface area contributed by atoms with Crippen LogP contribution in [0.15, 0.2) is 156 Å². The summed E-state index contributed by atoms with van der Waals surface area (Å²) in [6, 6.07) is 55.3. The summed E-state index contributed by atoms with van der Waals surface area (Å²) >= 11 is 0. The van der Waals surface area contributed by atoms with Gasteiger partial charge in [-0.15, -0.1) is 0 Å². The van der Waals surface area contributed by atoms with Gasteiger partial charge >= 0.3 is 0 Å². The first-order valence-electron chi connectivity index (χ1n) is 19.0. The molecule has 0 unspecified atom stereocenters. The Balaban J connectivity index is 1.30. The summed E-state index contributed by atoms with van der Waals surface area (Å²) < 4.78 is 7.17. The maximum atomic E-state index is 7.17. The van der Waals surface area contributed by atoms with E-state index < -0.39 is 0 Å². The van der Waals surface area contributed by atoms with Gasteiger partial charge < -0.3 is 19.1 Å². The fourth-order valence-corrected chi connectivity index (χ4v) is 8.82. The molecule has 4 nitrogen and oxygen atoms in total. The molecule has 3 aliphatic rings. The van der Waals surface area contributed by atoms with Gasteiger partial charge in [0, 0.05) is 57.5 Å². The summed E-state index contributed by atoms with van der Waals surface area (Å²) in [5.41, 5.74) is 16.8. The van der Waals surface area contributed by atoms with E-state index in [0.717, 1.165) is 53.4 Å². The number of aryl methyl sites for hydroxylation is 1. The van der Waals surface area contributed by atoms with E-state index in [1.807, 2.05) is 0 Å². The minimum absolute atomic E-state index is 0.0551. The van der Waals surface area contributed by atoms with Crippen LogP contribution in [0.3, 0.4) is 0 Å². The second kappa shape index (κ2) is 12.3. The average molecular weight is 688 g/mol. The van der Waals surface area contributed by atoms with Crippen LogP contribution in [-0.2, 0) is 18.3 Å². The first kappa shape index (κ1) is 31.8. The topological polar surface area (TPSA) is 22.9 Å². The highest BCUT2D eigenvalue weighted by Gasteiger charge is 2.48. The number of fused-ring (bicyclic) bond motifs is 6. The van der Waals surface area contributed by atoms with Crippen molar-refractivity contribution in [3.63, 3.8) is 0 Å². The molecule has 0 amide bonds. The third-order valence-electron chi connectivity index (χ3n) is 11.3. The molecule has 0 N–H and O–H groups in total. The fraction of sp³-hybridized carbons (Fsp3) is 0.167. The van der Waals surface area contributed by atoms with Crippen LogP contribution in [0, 0.1) is 0 Å². The smallest absolute Gasteiger partial charge is 0.297 e. The van der Waals surface area contributed by atoms with Gasteiger partial charge in [-0.05, 0) is 114 Å². The molecule has 0 fully saturated rings. The van der Waals surface area contributed by atoms with Crippen LogP contribution in [0.4, 0.5) is 51.2 Å². The van der Waals surface area contributed by atoms with Crippen molar-refractivity contribution in [2.75, 3.05) is 14.7 Å². The van der Waals surface area contributed by atoms with E-state index in [2.05, 4.69) is 187 Å². The molecule has 3 heterocycles. The Labute approximate surface area is 313 Å². The van der Waals surface area contributed by atoms with Gasteiger partial charge in [-0.3, -0.25) is 0 Å². The van der Waals surface area contributed by atoms with E-state index in [4.69, 9.17) is 4.42 Å². The van der Waals surface area contributed by atoms with Gasteiger partial charge in [0.15, 0.2) is 0 Å². The average Bonchev–Trinajstić information content (AvgIpc) is 3.58. The monoisotopic (exact) mass is 687 g/mol. The third kappa shape index (κ3) is 5.13. The van der Waals surface area contributed by atoms with Crippen molar-refractivity contribution in [2.45, 2.75) is 51.9 Å². The molecule has 0 radical (unpaired) electrons. The number of furan rings is 1. The van der Waals surface area contributed by atoms with E-state index in [0.29, 0.717) is 0 Å². The van der Waals surface area contributed by atoms with E-state index in [1.165, 1.54) is 56.9 Å². The Bertz CT molecular complexity index is 2410. The Morgan fingerprint density at radius 1 is 0.566 bits per heavy atom. The zero-order valence-electron chi connectivity index (χ0n) is 30.6. The lowest BCUT2D eigenvalue weighted by molar-refractivity contribution is 0.497. The summed E-state index contributed by atoms with van der Waals surface area (Å²) in [6.07, 6.45) is 4.37. The molecule has 53 heavy (non-hydrogen) atoms. The number of para-hydroxylation sites is 4. The summed E-state index contributed by atoms with van der Waals surface area (Å²) in [5, 5.41) is 0. The van der Waals surface area contributed by atoms with Crippen LogP contribution in [0.1, 0.15) is 50.5 Å². The molecular formula is C48H42BN3O. The van der Waals surface area contributed by atoms with Gasteiger partial charge in [0.25, 0.3) is 6.71 Å². The molecule has 2 aliphatic heterocycles. The van der Waals surface area contributed by atoms with Crippen molar-refractivity contribution >= 4 is 74.5 Å². The predicted molar refractivity (Wildman–Crippen MR) is 223 cm³/mol. The maximum absolute atomic E-state index is 7.17. The van der Waals surface area contributed by atoms with E-state index in [-0.39, 0.29) is 12.1 Å². The van der Waals surface area contributed by atoms with Crippen LogP contribution in [0.5, 0.6) is 0 Å². The number of anilines is 9. The van der Waals surface area contributed by atoms with E-state index in [9.17, 15) is 0 Å². The minimum Gasteiger partial charge on any atom is -0.473 e. The quantitative estimate of drug-likeness (QED) is 0.168. The molecule has 0 atom stereocenters. The normalized spacial score (nSPS) is 14.3. The van der Waals surface area contributed by atoms with E-state index >= 15 is 0 Å². The Hall–Kier alpha value is -5.94. The lowest BCUT2D eigenvalue weighted by Gasteiger charge is -2.44. The summed E-state index contributed by atoms with van der Waals surface area (Å²) in [7, 11) is 0. The van der Waals surface area contributed by atoms with Crippen molar-refractivity contribution in [1.29, 1.82) is 0 Å². The standard InChI is InChI=1S/C48H42BN3O/c1-48(2,3)33-30-42-45-43(31-33)52(37-24-14-7-15-25-37)46-39-26-16-17-27-44(39)53-47(46)49(45)40-29-28-38(32-41(40)51(42)36-22-12-6-13-23-36)50(34-18-8-4-9-19-34)35-20-10-5-11-21-35/h4-15,18-25,28-32H,16-17,26-27H2,1-3H3. The first-order valence-corrected chi connectivity index (χ1v) is 19.0. The lowest BCUT2D eigenvalue weighted by atomic mass is 9.35. The molecular weight excluding hydrogens is 645 g/mol. The number of nitrogens with zero attached hydrogens (tertiary/aromatic N) is 3. The Morgan fingerprint density at radius 3 is 1.72 bits per heavy atom. The first-order chi connectivity index (χ1) is 26.0. The van der Waals surface area contributed by atoms with Crippen LogP contribution in [0.2, 0.25) is 0 Å².